The fourth-order valence-corrected chi connectivity index (χ4v) is 1.03. The predicted octanol–water partition coefficient (Wildman–Crippen LogP) is 3.26. The van der Waals surface area contributed by atoms with Gasteiger partial charge in [-0.1, -0.05) is 12.7 Å². The molecule has 0 amide bonds. The van der Waals surface area contributed by atoms with Crippen LogP contribution in [0.1, 0.15) is 19.6 Å². The lowest BCUT2D eigenvalue weighted by Gasteiger charge is -2.00. The van der Waals surface area contributed by atoms with Crippen molar-refractivity contribution >= 4 is 5.57 Å². The molecule has 0 radical (unpaired) electrons. The van der Waals surface area contributed by atoms with E-state index < -0.39 is 0 Å². The maximum absolute atomic E-state index is 5.22. The Morgan fingerprint density at radius 1 is 1.64 bits per heavy atom. The van der Waals surface area contributed by atoms with Crippen molar-refractivity contribution in [3.63, 3.8) is 0 Å². The van der Waals surface area contributed by atoms with Crippen molar-refractivity contribution in [3.05, 3.63) is 42.4 Å². The molecule has 1 nitrogen and oxygen atoms in total. The number of allylic oxidation sites excluding steroid dienone is 3. The summed E-state index contributed by atoms with van der Waals surface area (Å²) in [4.78, 5) is 0. The first kappa shape index (κ1) is 7.86. The summed E-state index contributed by atoms with van der Waals surface area (Å²) >= 11 is 0. The van der Waals surface area contributed by atoms with Gasteiger partial charge in [-0.25, -0.2) is 0 Å². The molecular weight excluding hydrogens is 136 g/mol. The summed E-state index contributed by atoms with van der Waals surface area (Å²) in [5.41, 5.74) is 2.11. The standard InChI is InChI=1S/C10H12O/c1-4-9(8(2)3)10-6-5-7-11-10/h4-7H,2H2,1,3H3/b9-4+. The molecule has 58 valence electrons. The van der Waals surface area contributed by atoms with E-state index in [0.717, 1.165) is 16.9 Å². The Labute approximate surface area is 67.0 Å². The van der Waals surface area contributed by atoms with Crippen LogP contribution in [0.25, 0.3) is 5.57 Å². The van der Waals surface area contributed by atoms with Crippen LogP contribution in [0.3, 0.4) is 0 Å². The second-order valence-corrected chi connectivity index (χ2v) is 2.46. The highest BCUT2D eigenvalue weighted by atomic mass is 16.3. The van der Waals surface area contributed by atoms with Crippen LogP contribution in [0.4, 0.5) is 0 Å². The van der Waals surface area contributed by atoms with Crippen LogP contribution in [0.15, 0.2) is 41.0 Å². The SMILES string of the molecule is C=C(C)/C(=C\C)c1ccco1. The third kappa shape index (κ3) is 1.61. The molecule has 1 rings (SSSR count). The molecule has 0 atom stereocenters. The van der Waals surface area contributed by atoms with E-state index in [2.05, 4.69) is 6.58 Å². The highest BCUT2D eigenvalue weighted by Crippen LogP contribution is 2.20. The highest BCUT2D eigenvalue weighted by Gasteiger charge is 2.02. The van der Waals surface area contributed by atoms with Gasteiger partial charge >= 0.3 is 0 Å². The van der Waals surface area contributed by atoms with Gasteiger partial charge in [0.25, 0.3) is 0 Å². The Hall–Kier alpha value is -1.24. The molecule has 0 aliphatic heterocycles. The Balaban J connectivity index is 2.99. The van der Waals surface area contributed by atoms with Crippen LogP contribution < -0.4 is 0 Å². The van der Waals surface area contributed by atoms with Crippen LogP contribution in [0.2, 0.25) is 0 Å². The van der Waals surface area contributed by atoms with Crippen LogP contribution in [0, 0.1) is 0 Å². The molecule has 0 fully saturated rings. The Bertz CT molecular complexity index is 265. The minimum atomic E-state index is 0.889. The van der Waals surface area contributed by atoms with Gasteiger partial charge in [-0.3, -0.25) is 0 Å². The fourth-order valence-electron chi connectivity index (χ4n) is 1.03. The van der Waals surface area contributed by atoms with E-state index in [1.807, 2.05) is 32.1 Å². The number of furan rings is 1. The maximum atomic E-state index is 5.22. The average molecular weight is 148 g/mol. The summed E-state index contributed by atoms with van der Waals surface area (Å²) in [5.74, 6) is 0.889. The first-order chi connectivity index (χ1) is 5.25. The third-order valence-corrected chi connectivity index (χ3v) is 1.54. The summed E-state index contributed by atoms with van der Waals surface area (Å²) in [6, 6.07) is 3.81. The van der Waals surface area contributed by atoms with Gasteiger partial charge in [0.15, 0.2) is 0 Å². The molecule has 0 aliphatic carbocycles. The molecule has 0 aliphatic rings. The second-order valence-electron chi connectivity index (χ2n) is 2.46. The molecule has 1 heterocycles. The van der Waals surface area contributed by atoms with Gasteiger partial charge in [0.05, 0.1) is 6.26 Å². The van der Waals surface area contributed by atoms with Crippen molar-refractivity contribution in [2.24, 2.45) is 0 Å². The summed E-state index contributed by atoms with van der Waals surface area (Å²) in [6.45, 7) is 7.80. The van der Waals surface area contributed by atoms with Crippen LogP contribution >= 0.6 is 0 Å². The number of hydrogen-bond acceptors (Lipinski definition) is 1. The lowest BCUT2D eigenvalue weighted by molar-refractivity contribution is 0.553. The van der Waals surface area contributed by atoms with Gasteiger partial charge in [0, 0.05) is 5.57 Å². The zero-order chi connectivity index (χ0) is 8.27. The minimum Gasteiger partial charge on any atom is -0.464 e. The number of hydrogen-bond donors (Lipinski definition) is 0. The van der Waals surface area contributed by atoms with Crippen LogP contribution in [-0.2, 0) is 0 Å². The molecule has 11 heavy (non-hydrogen) atoms. The van der Waals surface area contributed by atoms with Crippen molar-refractivity contribution in [2.75, 3.05) is 0 Å². The summed E-state index contributed by atoms with van der Waals surface area (Å²) < 4.78 is 5.22. The van der Waals surface area contributed by atoms with E-state index in [9.17, 15) is 0 Å². The van der Waals surface area contributed by atoms with E-state index in [-0.39, 0.29) is 0 Å². The molecule has 0 spiro atoms. The lowest BCUT2D eigenvalue weighted by Crippen LogP contribution is -1.80. The van der Waals surface area contributed by atoms with Crippen molar-refractivity contribution < 1.29 is 4.42 Å². The minimum absolute atomic E-state index is 0.889. The normalized spacial score (nSPS) is 11.6. The van der Waals surface area contributed by atoms with Gasteiger partial charge in [-0.15, -0.1) is 0 Å². The Morgan fingerprint density at radius 2 is 2.36 bits per heavy atom. The van der Waals surface area contributed by atoms with Gasteiger partial charge in [0.1, 0.15) is 5.76 Å². The molecule has 0 bridgehead atoms. The molecule has 0 unspecified atom stereocenters. The molecule has 0 saturated carbocycles. The van der Waals surface area contributed by atoms with Crippen molar-refractivity contribution in [2.45, 2.75) is 13.8 Å². The third-order valence-electron chi connectivity index (χ3n) is 1.54. The molecule has 0 N–H and O–H groups in total. The van der Waals surface area contributed by atoms with E-state index >= 15 is 0 Å². The Kier molecular flexibility index (Phi) is 2.32. The monoisotopic (exact) mass is 148 g/mol. The smallest absolute Gasteiger partial charge is 0.133 e. The van der Waals surface area contributed by atoms with E-state index in [0.29, 0.717) is 0 Å². The largest absolute Gasteiger partial charge is 0.464 e. The molecule has 1 aromatic rings. The van der Waals surface area contributed by atoms with Gasteiger partial charge in [0.2, 0.25) is 0 Å². The summed E-state index contributed by atoms with van der Waals surface area (Å²) in [6.07, 6.45) is 3.67. The van der Waals surface area contributed by atoms with E-state index in [4.69, 9.17) is 4.42 Å². The maximum Gasteiger partial charge on any atom is 0.133 e. The van der Waals surface area contributed by atoms with Gasteiger partial charge < -0.3 is 4.42 Å². The predicted molar refractivity (Wildman–Crippen MR) is 47.2 cm³/mol. The molecule has 1 heteroatoms. The van der Waals surface area contributed by atoms with E-state index in [1.165, 1.54) is 0 Å². The molecular formula is C10H12O. The van der Waals surface area contributed by atoms with Gasteiger partial charge in [-0.05, 0) is 31.6 Å². The van der Waals surface area contributed by atoms with Crippen molar-refractivity contribution in [3.8, 4) is 0 Å². The quantitative estimate of drug-likeness (QED) is 0.587. The summed E-state index contributed by atoms with van der Waals surface area (Å²) in [7, 11) is 0. The first-order valence-electron chi connectivity index (χ1n) is 3.61. The summed E-state index contributed by atoms with van der Waals surface area (Å²) in [5, 5.41) is 0. The van der Waals surface area contributed by atoms with Gasteiger partial charge in [-0.2, -0.15) is 0 Å². The van der Waals surface area contributed by atoms with Crippen LogP contribution in [-0.4, -0.2) is 0 Å². The van der Waals surface area contributed by atoms with Crippen molar-refractivity contribution in [1.29, 1.82) is 0 Å². The zero-order valence-corrected chi connectivity index (χ0v) is 6.92. The van der Waals surface area contributed by atoms with Crippen molar-refractivity contribution in [1.82, 2.24) is 0 Å². The molecule has 0 aromatic carbocycles. The first-order valence-corrected chi connectivity index (χ1v) is 3.61. The second kappa shape index (κ2) is 3.24. The average Bonchev–Trinajstić information content (AvgIpc) is 2.40. The molecule has 0 saturated heterocycles. The topological polar surface area (TPSA) is 13.1 Å². The van der Waals surface area contributed by atoms with E-state index in [1.54, 1.807) is 6.26 Å². The molecule has 1 aromatic heterocycles. The highest BCUT2D eigenvalue weighted by molar-refractivity contribution is 5.74. The zero-order valence-electron chi connectivity index (χ0n) is 6.92. The van der Waals surface area contributed by atoms with Crippen LogP contribution in [0.5, 0.6) is 0 Å². The number of rotatable bonds is 2. The fraction of sp³-hybridized carbons (Fsp3) is 0.200. The Morgan fingerprint density at radius 3 is 2.73 bits per heavy atom. The lowest BCUT2D eigenvalue weighted by atomic mass is 10.1.